The van der Waals surface area contributed by atoms with E-state index in [1.807, 2.05) is 0 Å². The molecule has 0 aliphatic carbocycles. The largest absolute Gasteiger partial charge is 0.497 e. The summed E-state index contributed by atoms with van der Waals surface area (Å²) in [6.45, 7) is 0. The minimum atomic E-state index is -0.710. The molecule has 0 radical (unpaired) electrons. The number of anilines is 1. The van der Waals surface area contributed by atoms with Gasteiger partial charge in [-0.15, -0.1) is 0 Å². The van der Waals surface area contributed by atoms with Gasteiger partial charge in [-0.3, -0.25) is 25.7 Å². The minimum Gasteiger partial charge on any atom is -0.497 e. The summed E-state index contributed by atoms with van der Waals surface area (Å²) >= 11 is 0. The Kier molecular flexibility index (Phi) is 4.82. The van der Waals surface area contributed by atoms with Crippen molar-refractivity contribution in [2.24, 2.45) is 5.10 Å². The number of hydrazone groups is 1. The van der Waals surface area contributed by atoms with E-state index in [9.17, 15) is 20.2 Å². The van der Waals surface area contributed by atoms with Crippen LogP contribution in [0.25, 0.3) is 0 Å². The third-order valence-corrected chi connectivity index (χ3v) is 2.90. The fourth-order valence-corrected chi connectivity index (χ4v) is 1.75. The second-order valence-electron chi connectivity index (χ2n) is 4.36. The summed E-state index contributed by atoms with van der Waals surface area (Å²) in [7, 11) is 1.55. The summed E-state index contributed by atoms with van der Waals surface area (Å²) in [4.78, 5) is 20.2. The number of non-ortho nitro benzene ring substituents is 1. The number of benzene rings is 2. The maximum absolute atomic E-state index is 11.0. The van der Waals surface area contributed by atoms with Gasteiger partial charge in [-0.2, -0.15) is 5.10 Å². The van der Waals surface area contributed by atoms with E-state index in [4.69, 9.17) is 4.74 Å². The van der Waals surface area contributed by atoms with Crippen molar-refractivity contribution in [3.8, 4) is 5.75 Å². The monoisotopic (exact) mass is 316 g/mol. The molecule has 0 amide bonds. The molecule has 2 aromatic carbocycles. The molecule has 0 saturated carbocycles. The molecular weight excluding hydrogens is 304 g/mol. The van der Waals surface area contributed by atoms with E-state index in [0.29, 0.717) is 5.75 Å². The van der Waals surface area contributed by atoms with Crippen LogP contribution in [0.4, 0.5) is 17.1 Å². The number of rotatable bonds is 6. The van der Waals surface area contributed by atoms with Gasteiger partial charge in [0.1, 0.15) is 11.4 Å². The molecule has 0 aromatic heterocycles. The van der Waals surface area contributed by atoms with Crippen LogP contribution in [0.15, 0.2) is 47.6 Å². The third-order valence-electron chi connectivity index (χ3n) is 2.90. The minimum absolute atomic E-state index is 0.0605. The van der Waals surface area contributed by atoms with Crippen LogP contribution in [-0.4, -0.2) is 23.2 Å². The highest BCUT2D eigenvalue weighted by Crippen LogP contribution is 2.28. The number of nitro groups is 2. The van der Waals surface area contributed by atoms with Crippen molar-refractivity contribution in [3.05, 3.63) is 68.3 Å². The fraction of sp³-hybridized carbons (Fsp3) is 0.0714. The molecule has 0 aliphatic heterocycles. The van der Waals surface area contributed by atoms with Crippen molar-refractivity contribution in [1.29, 1.82) is 0 Å². The van der Waals surface area contributed by atoms with Gasteiger partial charge in [0, 0.05) is 6.07 Å². The lowest BCUT2D eigenvalue weighted by atomic mass is 10.2. The lowest BCUT2D eigenvalue weighted by Crippen LogP contribution is -1.98. The Balaban J connectivity index is 2.17. The first kappa shape index (κ1) is 15.9. The topological polar surface area (TPSA) is 120 Å². The van der Waals surface area contributed by atoms with E-state index in [-0.39, 0.29) is 11.4 Å². The summed E-state index contributed by atoms with van der Waals surface area (Å²) in [5.41, 5.74) is 2.54. The van der Waals surface area contributed by atoms with Crippen LogP contribution in [-0.2, 0) is 0 Å². The van der Waals surface area contributed by atoms with Gasteiger partial charge < -0.3 is 4.74 Å². The molecule has 0 saturated heterocycles. The van der Waals surface area contributed by atoms with Crippen molar-refractivity contribution < 1.29 is 14.6 Å². The van der Waals surface area contributed by atoms with Gasteiger partial charge in [-0.05, 0) is 35.9 Å². The number of hydrogen-bond acceptors (Lipinski definition) is 7. The molecule has 9 heteroatoms. The molecule has 0 fully saturated rings. The molecule has 0 atom stereocenters. The molecular formula is C14H12N4O5. The van der Waals surface area contributed by atoms with Gasteiger partial charge in [0.05, 0.1) is 29.2 Å². The lowest BCUT2D eigenvalue weighted by Gasteiger charge is -2.02. The van der Waals surface area contributed by atoms with Gasteiger partial charge in [0.15, 0.2) is 0 Å². The van der Waals surface area contributed by atoms with Crippen LogP contribution in [0.3, 0.4) is 0 Å². The highest BCUT2D eigenvalue weighted by molar-refractivity contribution is 5.80. The van der Waals surface area contributed by atoms with Crippen LogP contribution >= 0.6 is 0 Å². The Morgan fingerprint density at radius 2 is 1.78 bits per heavy atom. The van der Waals surface area contributed by atoms with Crippen molar-refractivity contribution in [2.45, 2.75) is 0 Å². The molecule has 0 heterocycles. The van der Waals surface area contributed by atoms with Gasteiger partial charge >= 0.3 is 5.69 Å². The smallest absolute Gasteiger partial charge is 0.301 e. The summed E-state index contributed by atoms with van der Waals surface area (Å²) in [6.07, 6.45) is 1.46. The van der Waals surface area contributed by atoms with E-state index >= 15 is 0 Å². The standard InChI is InChI=1S/C14H12N4O5/c1-23-12-5-2-10(3-6-12)9-15-16-13-7-4-11(17(19)20)8-14(13)18(21)22/h2-9,16H,1H3/b15-9-. The highest BCUT2D eigenvalue weighted by Gasteiger charge is 2.18. The Labute approximate surface area is 130 Å². The third kappa shape index (κ3) is 4.00. The number of ether oxygens (including phenoxy) is 1. The average molecular weight is 316 g/mol. The number of nitrogens with zero attached hydrogens (tertiary/aromatic N) is 3. The predicted molar refractivity (Wildman–Crippen MR) is 84.0 cm³/mol. The fourth-order valence-electron chi connectivity index (χ4n) is 1.75. The normalized spacial score (nSPS) is 10.5. The first-order chi connectivity index (χ1) is 11.0. The summed E-state index contributed by atoms with van der Waals surface area (Å²) in [6, 6.07) is 10.3. The molecule has 118 valence electrons. The molecule has 23 heavy (non-hydrogen) atoms. The van der Waals surface area contributed by atoms with E-state index in [1.165, 1.54) is 12.3 Å². The van der Waals surface area contributed by atoms with Gasteiger partial charge in [-0.1, -0.05) is 0 Å². The molecule has 9 nitrogen and oxygen atoms in total. The molecule has 2 aromatic rings. The summed E-state index contributed by atoms with van der Waals surface area (Å²) in [5, 5.41) is 25.5. The first-order valence-corrected chi connectivity index (χ1v) is 6.37. The number of nitrogens with one attached hydrogen (secondary N) is 1. The molecule has 1 N–H and O–H groups in total. The predicted octanol–water partition coefficient (Wildman–Crippen LogP) is 2.96. The molecule has 0 spiro atoms. The van der Waals surface area contributed by atoms with Gasteiger partial charge in [-0.25, -0.2) is 0 Å². The molecule has 2 rings (SSSR count). The Bertz CT molecular complexity index is 758. The van der Waals surface area contributed by atoms with Crippen LogP contribution < -0.4 is 10.2 Å². The Hall–Kier alpha value is -3.49. The zero-order valence-electron chi connectivity index (χ0n) is 12.0. The van der Waals surface area contributed by atoms with E-state index < -0.39 is 15.5 Å². The number of hydrogen-bond donors (Lipinski definition) is 1. The maximum atomic E-state index is 11.0. The quantitative estimate of drug-likeness (QED) is 0.497. The second kappa shape index (κ2) is 6.98. The van der Waals surface area contributed by atoms with E-state index in [2.05, 4.69) is 10.5 Å². The van der Waals surface area contributed by atoms with Crippen LogP contribution in [0.2, 0.25) is 0 Å². The van der Waals surface area contributed by atoms with E-state index in [1.54, 1.807) is 31.4 Å². The molecule has 0 unspecified atom stereocenters. The zero-order chi connectivity index (χ0) is 16.8. The van der Waals surface area contributed by atoms with Crippen LogP contribution in [0, 0.1) is 20.2 Å². The highest BCUT2D eigenvalue weighted by atomic mass is 16.6. The van der Waals surface area contributed by atoms with Crippen LogP contribution in [0.5, 0.6) is 5.75 Å². The number of nitro benzene ring substituents is 2. The lowest BCUT2D eigenvalue weighted by molar-refractivity contribution is -0.393. The van der Waals surface area contributed by atoms with Crippen LogP contribution in [0.1, 0.15) is 5.56 Å². The number of methoxy groups -OCH3 is 1. The first-order valence-electron chi connectivity index (χ1n) is 6.37. The Morgan fingerprint density at radius 1 is 1.09 bits per heavy atom. The SMILES string of the molecule is COc1ccc(/C=N\Nc2ccc([N+](=O)[O-])cc2[N+](=O)[O-])cc1. The van der Waals surface area contributed by atoms with Crippen molar-refractivity contribution >= 4 is 23.3 Å². The second-order valence-corrected chi connectivity index (χ2v) is 4.36. The average Bonchev–Trinajstić information content (AvgIpc) is 2.55. The Morgan fingerprint density at radius 3 is 2.35 bits per heavy atom. The summed E-state index contributed by atoms with van der Waals surface area (Å²) < 4.78 is 5.03. The van der Waals surface area contributed by atoms with Gasteiger partial charge in [0.25, 0.3) is 5.69 Å². The van der Waals surface area contributed by atoms with E-state index in [0.717, 1.165) is 17.7 Å². The van der Waals surface area contributed by atoms with Gasteiger partial charge in [0.2, 0.25) is 0 Å². The van der Waals surface area contributed by atoms with Crippen molar-refractivity contribution in [3.63, 3.8) is 0 Å². The van der Waals surface area contributed by atoms with Crippen molar-refractivity contribution in [1.82, 2.24) is 0 Å². The zero-order valence-corrected chi connectivity index (χ0v) is 12.0. The molecule has 0 aliphatic rings. The van der Waals surface area contributed by atoms with Crippen molar-refractivity contribution in [2.75, 3.05) is 12.5 Å². The summed E-state index contributed by atoms with van der Waals surface area (Å²) in [5.74, 6) is 0.695. The molecule has 0 bridgehead atoms. The maximum Gasteiger partial charge on any atom is 0.301 e.